The van der Waals surface area contributed by atoms with Crippen molar-refractivity contribution in [2.24, 2.45) is 0 Å². The first-order valence-corrected chi connectivity index (χ1v) is 62.5. The monoisotopic (exact) mass is 1610 g/mol. The lowest BCUT2D eigenvalue weighted by Gasteiger charge is -2.39. The quantitative estimate of drug-likeness (QED) is 0.0312. The van der Waals surface area contributed by atoms with Gasteiger partial charge in [0.25, 0.3) is 0 Å². The lowest BCUT2D eigenvalue weighted by Crippen LogP contribution is -2.48. The summed E-state index contributed by atoms with van der Waals surface area (Å²) in [5.74, 6) is 0.611. The molecule has 0 radical (unpaired) electrons. The summed E-state index contributed by atoms with van der Waals surface area (Å²) in [5, 5.41) is 19.6. The highest BCUT2D eigenvalue weighted by molar-refractivity contribution is 8.93. The van der Waals surface area contributed by atoms with Crippen molar-refractivity contribution in [1.82, 2.24) is 0 Å². The number of hydrogen-bond acceptors (Lipinski definition) is 2. The number of fused-ring (bicyclic) bond motifs is 4. The summed E-state index contributed by atoms with van der Waals surface area (Å²) in [6, 6.07) is 68.2. The fourth-order valence-electron chi connectivity index (χ4n) is 21.3. The van der Waals surface area contributed by atoms with E-state index in [1.54, 1.807) is 74.5 Å². The standard InChI is InChI=1S/2C44H73NSi4.2BrH/c2*1-13-46(14-2,15-3)34-25-27-36-37(29-30-42(39(36)31-34)48(19-7,20-8)21-9)44-38-28-26-35(47(16-4,17-5)18-6)32-40(38)43(33-41(44)45)49(22-10,23-11)24-12;;/h2*25-28,30-33,37H,13-24,29,45H2,1-12H3;2*1H/t2*37-;;/m11../s1. The second kappa shape index (κ2) is 37.4. The van der Waals surface area contributed by atoms with Crippen molar-refractivity contribution in [3.8, 4) is 0 Å². The summed E-state index contributed by atoms with van der Waals surface area (Å²) >= 11 is 0. The summed E-state index contributed by atoms with van der Waals surface area (Å²) in [6.45, 7) is 59.2. The molecule has 0 fully saturated rings. The highest BCUT2D eigenvalue weighted by Gasteiger charge is 2.44. The van der Waals surface area contributed by atoms with Gasteiger partial charge in [0.05, 0.1) is 64.6 Å². The molecule has 100 heavy (non-hydrogen) atoms. The zero-order valence-corrected chi connectivity index (χ0v) is 80.2. The van der Waals surface area contributed by atoms with Crippen LogP contribution in [-0.4, -0.2) is 64.6 Å². The topological polar surface area (TPSA) is 52.0 Å². The third-order valence-corrected chi connectivity index (χ3v) is 75.6. The number of nitrogen functional groups attached to an aromatic ring is 2. The van der Waals surface area contributed by atoms with Gasteiger partial charge in [-0.1, -0.05) is 427 Å². The Kier molecular flexibility index (Phi) is 33.0. The molecule has 0 spiro atoms. The Morgan fingerprint density at radius 1 is 0.260 bits per heavy atom. The molecule has 2 aliphatic carbocycles. The number of nitrogens with two attached hydrogens (primary N) is 2. The van der Waals surface area contributed by atoms with Crippen LogP contribution in [0.5, 0.6) is 0 Å². The second-order valence-corrected chi connectivity index (χ2v) is 73.4. The van der Waals surface area contributed by atoms with E-state index in [1.807, 2.05) is 0 Å². The summed E-state index contributed by atoms with van der Waals surface area (Å²) in [5.41, 5.74) is 26.1. The Morgan fingerprint density at radius 2 is 0.480 bits per heavy atom. The van der Waals surface area contributed by atoms with Crippen LogP contribution in [0.15, 0.2) is 97.1 Å². The van der Waals surface area contributed by atoms with E-state index >= 15 is 0 Å². The van der Waals surface area contributed by atoms with Crippen molar-refractivity contribution in [3.05, 3.63) is 130 Å². The van der Waals surface area contributed by atoms with Crippen LogP contribution in [-0.2, 0) is 0 Å². The van der Waals surface area contributed by atoms with Gasteiger partial charge >= 0.3 is 0 Å². The number of hydrogen-bond donors (Lipinski definition) is 2. The number of rotatable bonds is 34. The average molecular weight is 1620 g/mol. The van der Waals surface area contributed by atoms with E-state index in [4.69, 9.17) is 11.5 Å². The average Bonchev–Trinajstić information content (AvgIpc) is 0.732. The van der Waals surface area contributed by atoms with Gasteiger partial charge in [0.2, 0.25) is 0 Å². The van der Waals surface area contributed by atoms with Gasteiger partial charge in [0, 0.05) is 23.2 Å². The van der Waals surface area contributed by atoms with Crippen LogP contribution in [0.4, 0.5) is 11.4 Å². The molecule has 0 bridgehead atoms. The lowest BCUT2D eigenvalue weighted by atomic mass is 9.79. The largest absolute Gasteiger partial charge is 0.398 e. The predicted molar refractivity (Wildman–Crippen MR) is 495 cm³/mol. The Morgan fingerprint density at radius 3 is 0.710 bits per heavy atom. The predicted octanol–water partition coefficient (Wildman–Crippen LogP) is 26.2. The summed E-state index contributed by atoms with van der Waals surface area (Å²) in [7, 11) is -12.8. The SMILES string of the molecule is Br.Br.CC[Si](CC)(CC)C1=CC[C@@H](c2c(N)cc([Si](CC)(CC)CC)c3cc([Si](CC)(CC)CC)ccc23)c2ccc([Si](CC)(CC)CC)cc21.CC[Si](CC)(CC)C1=CC[C@@H](c2c(N)cc([Si](CC)(CC)CC)c3cc([Si](CC)(CC)CC)ccc23)c2ccc([Si](CC)(CC)CC)cc21. The Labute approximate surface area is 645 Å². The van der Waals surface area contributed by atoms with E-state index < -0.39 is 64.6 Å². The molecule has 2 atom stereocenters. The summed E-state index contributed by atoms with van der Waals surface area (Å²) in [4.78, 5) is 0. The van der Waals surface area contributed by atoms with Gasteiger partial charge in [-0.25, -0.2) is 0 Å². The minimum absolute atomic E-state index is 0. The molecule has 0 saturated carbocycles. The highest BCUT2D eigenvalue weighted by atomic mass is 79.9. The van der Waals surface area contributed by atoms with E-state index in [0.717, 1.165) is 24.2 Å². The first-order chi connectivity index (χ1) is 47.1. The van der Waals surface area contributed by atoms with Crippen molar-refractivity contribution >= 4 is 173 Å². The van der Waals surface area contributed by atoms with Crippen molar-refractivity contribution in [3.63, 3.8) is 0 Å². The van der Waals surface area contributed by atoms with Crippen molar-refractivity contribution in [1.29, 1.82) is 0 Å². The Balaban J connectivity index is 0.000000353. The van der Waals surface area contributed by atoms with Gasteiger partial charge in [-0.2, -0.15) is 0 Å². The van der Waals surface area contributed by atoms with Gasteiger partial charge < -0.3 is 11.5 Å². The van der Waals surface area contributed by atoms with E-state index in [0.29, 0.717) is 11.8 Å². The fourth-order valence-corrected chi connectivity index (χ4v) is 51.5. The molecule has 6 aromatic rings. The van der Waals surface area contributed by atoms with Gasteiger partial charge in [-0.15, -0.1) is 34.0 Å². The van der Waals surface area contributed by atoms with Crippen LogP contribution in [0.25, 0.3) is 31.9 Å². The van der Waals surface area contributed by atoms with Gasteiger partial charge in [0.1, 0.15) is 0 Å². The number of benzene rings is 6. The van der Waals surface area contributed by atoms with Crippen LogP contribution in [0.3, 0.4) is 0 Å². The summed E-state index contributed by atoms with van der Waals surface area (Å²) in [6.07, 6.45) is 7.63. The molecule has 0 amide bonds. The molecule has 0 aromatic heterocycles. The molecule has 6 aromatic carbocycles. The smallest absolute Gasteiger partial charge is 0.0868 e. The van der Waals surface area contributed by atoms with Gasteiger partial charge in [-0.3, -0.25) is 0 Å². The molecule has 8 rings (SSSR count). The minimum atomic E-state index is -1.70. The molecule has 2 nitrogen and oxygen atoms in total. The molecule has 0 aliphatic heterocycles. The minimum Gasteiger partial charge on any atom is -0.398 e. The summed E-state index contributed by atoms with van der Waals surface area (Å²) < 4.78 is 0. The van der Waals surface area contributed by atoms with E-state index in [-0.39, 0.29) is 34.0 Å². The first-order valence-electron chi connectivity index (χ1n) is 41.5. The van der Waals surface area contributed by atoms with Crippen LogP contribution in [0, 0.1) is 0 Å². The van der Waals surface area contributed by atoms with Crippen molar-refractivity contribution < 1.29 is 0 Å². The number of allylic oxidation sites excluding steroid dienone is 2. The maximum Gasteiger partial charge on any atom is 0.0868 e. The Bertz CT molecular complexity index is 3400. The van der Waals surface area contributed by atoms with E-state index in [9.17, 15) is 0 Å². The molecule has 556 valence electrons. The fraction of sp³-hybridized carbons (Fsp3) is 0.591. The third kappa shape index (κ3) is 15.4. The van der Waals surface area contributed by atoms with Crippen LogP contribution >= 0.6 is 34.0 Å². The first kappa shape index (κ1) is 88.2. The van der Waals surface area contributed by atoms with E-state index in [2.05, 4.69) is 263 Å². The third-order valence-electron chi connectivity index (χ3n) is 30.6. The molecule has 4 N–H and O–H groups in total. The van der Waals surface area contributed by atoms with Gasteiger partial charge in [-0.05, 0) is 90.3 Å². The van der Waals surface area contributed by atoms with E-state index in [1.165, 1.54) is 167 Å². The number of halogens is 2. The van der Waals surface area contributed by atoms with Crippen LogP contribution < -0.4 is 42.6 Å². The van der Waals surface area contributed by atoms with Crippen molar-refractivity contribution in [2.75, 3.05) is 11.5 Å². The molecule has 2 aliphatic rings. The maximum absolute atomic E-state index is 7.43. The normalized spacial score (nSPS) is 15.5. The molecule has 0 saturated heterocycles. The number of anilines is 2. The Hall–Kier alpha value is -2.38. The van der Waals surface area contributed by atoms with Crippen LogP contribution in [0.2, 0.25) is 145 Å². The zero-order valence-electron chi connectivity index (χ0n) is 68.7. The maximum atomic E-state index is 7.43. The highest BCUT2D eigenvalue weighted by Crippen LogP contribution is 2.51. The second-order valence-electron chi connectivity index (χ2n) is 31.5. The molecular formula is C88H148Br2N2Si8. The molecule has 12 heteroatoms. The molecule has 0 heterocycles. The molecule has 0 unspecified atom stereocenters. The van der Waals surface area contributed by atoms with Crippen molar-refractivity contribution in [2.45, 2.75) is 336 Å². The zero-order chi connectivity index (χ0) is 72.4. The van der Waals surface area contributed by atoms with Crippen LogP contribution in [0.1, 0.15) is 224 Å². The lowest BCUT2D eigenvalue weighted by molar-refractivity contribution is 0.826. The van der Waals surface area contributed by atoms with Gasteiger partial charge in [0.15, 0.2) is 0 Å². The molecular weight excluding hydrogens is 1470 g/mol.